The van der Waals surface area contributed by atoms with Crippen LogP contribution in [-0.4, -0.2) is 54.8 Å². The van der Waals surface area contributed by atoms with Gasteiger partial charge in [0.1, 0.15) is 0 Å². The molecule has 5 nitrogen and oxygen atoms in total. The molecule has 0 amide bonds. The van der Waals surface area contributed by atoms with E-state index in [0.717, 1.165) is 45.0 Å². The summed E-state index contributed by atoms with van der Waals surface area (Å²) >= 11 is 0. The Bertz CT molecular complexity index is 534. The lowest BCUT2D eigenvalue weighted by Gasteiger charge is -2.50. The molecule has 4 fully saturated rings. The number of hydrogen-bond acceptors (Lipinski definition) is 5. The van der Waals surface area contributed by atoms with E-state index >= 15 is 0 Å². The standard InChI is InChI=1S/C15H21N5/c16-13-3-1-12(2-4-13)15-9-19-5-6-20(10-15)8-11(7-19)14(15)18-17/h1-4,11H,5-10,16-17H2/b18-14-. The van der Waals surface area contributed by atoms with Crippen LogP contribution in [0.15, 0.2) is 29.4 Å². The van der Waals surface area contributed by atoms with Crippen molar-refractivity contribution in [1.29, 1.82) is 0 Å². The first-order valence-electron chi connectivity index (χ1n) is 7.30. The molecule has 106 valence electrons. The molecule has 4 N–H and O–H groups in total. The number of nitrogen functional groups attached to an aromatic ring is 1. The molecule has 2 unspecified atom stereocenters. The first-order valence-corrected chi connectivity index (χ1v) is 7.30. The predicted molar refractivity (Wildman–Crippen MR) is 80.5 cm³/mol. The number of nitrogens with zero attached hydrogens (tertiary/aromatic N) is 3. The number of hydrazone groups is 1. The van der Waals surface area contributed by atoms with Gasteiger partial charge in [0.05, 0.1) is 11.1 Å². The lowest BCUT2D eigenvalue weighted by molar-refractivity contribution is 0.164. The maximum absolute atomic E-state index is 5.84. The van der Waals surface area contributed by atoms with Crippen molar-refractivity contribution in [2.75, 3.05) is 45.0 Å². The highest BCUT2D eigenvalue weighted by Gasteiger charge is 2.53. The molecule has 4 aliphatic rings. The van der Waals surface area contributed by atoms with E-state index in [2.05, 4.69) is 27.0 Å². The van der Waals surface area contributed by atoms with Crippen molar-refractivity contribution in [3.63, 3.8) is 0 Å². The molecule has 0 saturated carbocycles. The maximum Gasteiger partial charge on any atom is 0.0611 e. The van der Waals surface area contributed by atoms with Gasteiger partial charge in [-0.15, -0.1) is 0 Å². The zero-order valence-electron chi connectivity index (χ0n) is 11.6. The van der Waals surface area contributed by atoms with Gasteiger partial charge in [0, 0.05) is 50.9 Å². The number of nitrogens with two attached hydrogens (primary N) is 2. The second-order valence-corrected chi connectivity index (χ2v) is 6.39. The summed E-state index contributed by atoms with van der Waals surface area (Å²) in [4.78, 5) is 5.14. The summed E-state index contributed by atoms with van der Waals surface area (Å²) in [5, 5.41) is 4.23. The fraction of sp³-hybridized carbons (Fsp3) is 0.533. The average Bonchev–Trinajstić information content (AvgIpc) is 2.68. The van der Waals surface area contributed by atoms with Crippen LogP contribution < -0.4 is 11.6 Å². The average molecular weight is 271 g/mol. The van der Waals surface area contributed by atoms with Crippen LogP contribution in [0.25, 0.3) is 0 Å². The number of fused-ring (bicyclic) bond motifs is 1. The molecule has 5 rings (SSSR count). The molecular formula is C15H21N5. The minimum absolute atomic E-state index is 0.0416. The van der Waals surface area contributed by atoms with E-state index < -0.39 is 0 Å². The minimum atomic E-state index is -0.0416. The van der Waals surface area contributed by atoms with Gasteiger partial charge >= 0.3 is 0 Å². The Kier molecular flexibility index (Phi) is 2.56. The Morgan fingerprint density at radius 3 is 2.20 bits per heavy atom. The van der Waals surface area contributed by atoms with Gasteiger partial charge in [-0.25, -0.2) is 0 Å². The zero-order chi connectivity index (χ0) is 13.7. The van der Waals surface area contributed by atoms with E-state index in [9.17, 15) is 0 Å². The SMILES string of the molecule is N/N=C1/C2CN3CCN(C2)CC1(c1ccc(N)cc1)C3. The van der Waals surface area contributed by atoms with Crippen LogP contribution in [0.2, 0.25) is 0 Å². The lowest BCUT2D eigenvalue weighted by atomic mass is 9.66. The summed E-state index contributed by atoms with van der Waals surface area (Å²) in [5.41, 5.74) is 9.10. The third-order valence-corrected chi connectivity index (χ3v) is 5.16. The summed E-state index contributed by atoms with van der Waals surface area (Å²) < 4.78 is 0. The first kappa shape index (κ1) is 12.2. The van der Waals surface area contributed by atoms with Gasteiger partial charge in [-0.05, 0) is 17.7 Å². The highest BCUT2D eigenvalue weighted by Crippen LogP contribution is 2.41. The fourth-order valence-electron chi connectivity index (χ4n) is 4.33. The van der Waals surface area contributed by atoms with Crippen molar-refractivity contribution in [3.05, 3.63) is 29.8 Å². The summed E-state index contributed by atoms with van der Waals surface area (Å²) in [6.45, 7) is 6.57. The summed E-state index contributed by atoms with van der Waals surface area (Å²) in [5.74, 6) is 6.26. The summed E-state index contributed by atoms with van der Waals surface area (Å²) in [6.07, 6.45) is 0. The molecule has 4 aliphatic heterocycles. The minimum Gasteiger partial charge on any atom is -0.399 e. The van der Waals surface area contributed by atoms with E-state index in [1.165, 1.54) is 11.3 Å². The Morgan fingerprint density at radius 2 is 1.65 bits per heavy atom. The number of piperidine rings is 2. The molecule has 0 radical (unpaired) electrons. The third-order valence-electron chi connectivity index (χ3n) is 5.16. The largest absolute Gasteiger partial charge is 0.399 e. The fourth-order valence-corrected chi connectivity index (χ4v) is 4.33. The number of anilines is 1. The van der Waals surface area contributed by atoms with E-state index in [-0.39, 0.29) is 5.41 Å². The van der Waals surface area contributed by atoms with Gasteiger partial charge in [-0.1, -0.05) is 12.1 Å². The van der Waals surface area contributed by atoms with Crippen molar-refractivity contribution in [2.45, 2.75) is 5.41 Å². The quantitative estimate of drug-likeness (QED) is 0.431. The molecule has 0 spiro atoms. The number of hydrogen-bond donors (Lipinski definition) is 2. The predicted octanol–water partition coefficient (Wildman–Crippen LogP) is 0.0823. The van der Waals surface area contributed by atoms with Crippen LogP contribution in [0.4, 0.5) is 5.69 Å². The van der Waals surface area contributed by atoms with Gasteiger partial charge in [-0.3, -0.25) is 0 Å². The molecule has 5 heteroatoms. The molecule has 4 heterocycles. The van der Waals surface area contributed by atoms with Crippen LogP contribution in [0.5, 0.6) is 0 Å². The van der Waals surface area contributed by atoms with Crippen LogP contribution in [-0.2, 0) is 5.41 Å². The topological polar surface area (TPSA) is 70.9 Å². The van der Waals surface area contributed by atoms with E-state index in [1.54, 1.807) is 0 Å². The normalized spacial score (nSPS) is 41.0. The highest BCUT2D eigenvalue weighted by molar-refractivity contribution is 5.99. The Morgan fingerprint density at radius 1 is 1.05 bits per heavy atom. The zero-order valence-corrected chi connectivity index (χ0v) is 11.6. The van der Waals surface area contributed by atoms with E-state index in [4.69, 9.17) is 11.6 Å². The van der Waals surface area contributed by atoms with Crippen LogP contribution in [0.1, 0.15) is 5.56 Å². The monoisotopic (exact) mass is 271 g/mol. The molecule has 1 aromatic carbocycles. The van der Waals surface area contributed by atoms with Gasteiger partial charge in [0.15, 0.2) is 0 Å². The molecule has 4 bridgehead atoms. The molecule has 20 heavy (non-hydrogen) atoms. The van der Waals surface area contributed by atoms with Gasteiger partial charge in [-0.2, -0.15) is 5.10 Å². The van der Waals surface area contributed by atoms with Crippen LogP contribution >= 0.6 is 0 Å². The maximum atomic E-state index is 5.84. The van der Waals surface area contributed by atoms with E-state index in [0.29, 0.717) is 5.92 Å². The van der Waals surface area contributed by atoms with Gasteiger partial charge < -0.3 is 21.4 Å². The molecular weight excluding hydrogens is 250 g/mol. The summed E-state index contributed by atoms with van der Waals surface area (Å²) in [7, 11) is 0. The Hall–Kier alpha value is -1.59. The van der Waals surface area contributed by atoms with Crippen molar-refractivity contribution >= 4 is 11.4 Å². The van der Waals surface area contributed by atoms with Crippen molar-refractivity contribution in [3.8, 4) is 0 Å². The van der Waals surface area contributed by atoms with Gasteiger partial charge in [0.2, 0.25) is 0 Å². The highest BCUT2D eigenvalue weighted by atomic mass is 15.3. The van der Waals surface area contributed by atoms with Gasteiger partial charge in [0.25, 0.3) is 0 Å². The van der Waals surface area contributed by atoms with Crippen molar-refractivity contribution < 1.29 is 0 Å². The first-order chi connectivity index (χ1) is 9.71. The molecule has 4 saturated heterocycles. The Balaban J connectivity index is 1.86. The molecule has 2 atom stereocenters. The summed E-state index contributed by atoms with van der Waals surface area (Å²) in [6, 6.07) is 8.28. The molecule has 0 aromatic heterocycles. The van der Waals surface area contributed by atoms with Crippen LogP contribution in [0.3, 0.4) is 0 Å². The van der Waals surface area contributed by atoms with Crippen molar-refractivity contribution in [2.24, 2.45) is 16.9 Å². The molecule has 1 aromatic rings. The number of rotatable bonds is 1. The third kappa shape index (κ3) is 1.60. The van der Waals surface area contributed by atoms with E-state index in [1.807, 2.05) is 12.1 Å². The number of benzene rings is 1. The second kappa shape index (κ2) is 4.20. The smallest absolute Gasteiger partial charge is 0.0611 e. The second-order valence-electron chi connectivity index (χ2n) is 6.39. The Labute approximate surface area is 119 Å². The van der Waals surface area contributed by atoms with Crippen molar-refractivity contribution in [1.82, 2.24) is 9.80 Å². The molecule has 0 aliphatic carbocycles. The van der Waals surface area contributed by atoms with Crippen LogP contribution in [0, 0.1) is 5.92 Å². The lowest BCUT2D eigenvalue weighted by Crippen LogP contribution is -2.64.